The molecule has 62 valence electrons. The molecule has 0 atom stereocenters. The number of nitrogens with two attached hydrogens (primary N) is 2. The van der Waals surface area contributed by atoms with Crippen LogP contribution in [-0.2, 0) is 6.54 Å². The van der Waals surface area contributed by atoms with Gasteiger partial charge in [-0.3, -0.25) is 0 Å². The van der Waals surface area contributed by atoms with E-state index in [1.165, 1.54) is 0 Å². The van der Waals surface area contributed by atoms with Crippen LogP contribution in [0.15, 0.2) is 24.5 Å². The fourth-order valence-electron chi connectivity index (χ4n) is 1.25. The van der Waals surface area contributed by atoms with E-state index >= 15 is 0 Å². The standard InChI is InChI=1S/C8H10N4/c9-4-8-11-5-7-6(10)2-1-3-12(7)8/h1-3,5H,4,9-10H2. The molecule has 0 fully saturated rings. The molecule has 12 heavy (non-hydrogen) atoms. The van der Waals surface area contributed by atoms with Crippen LogP contribution in [0.4, 0.5) is 5.69 Å². The quantitative estimate of drug-likeness (QED) is 0.636. The smallest absolute Gasteiger partial charge is 0.127 e. The molecule has 4 nitrogen and oxygen atoms in total. The van der Waals surface area contributed by atoms with Crippen molar-refractivity contribution >= 4 is 11.2 Å². The third kappa shape index (κ3) is 0.853. The second kappa shape index (κ2) is 2.49. The number of nitrogens with zero attached hydrogens (tertiary/aromatic N) is 2. The molecule has 0 aromatic carbocycles. The van der Waals surface area contributed by atoms with Gasteiger partial charge in [0.25, 0.3) is 0 Å². The van der Waals surface area contributed by atoms with Crippen LogP contribution in [-0.4, -0.2) is 9.38 Å². The summed E-state index contributed by atoms with van der Waals surface area (Å²) in [5, 5.41) is 0. The number of rotatable bonds is 1. The molecule has 2 aromatic heterocycles. The predicted octanol–water partition coefficient (Wildman–Crippen LogP) is 0.375. The highest BCUT2D eigenvalue weighted by molar-refractivity contribution is 5.68. The SMILES string of the molecule is NCc1ncc2c(N)cccn12. The lowest BCUT2D eigenvalue weighted by molar-refractivity contribution is 0.904. The monoisotopic (exact) mass is 162 g/mol. The van der Waals surface area contributed by atoms with Gasteiger partial charge in [-0.1, -0.05) is 0 Å². The van der Waals surface area contributed by atoms with Gasteiger partial charge < -0.3 is 15.9 Å². The predicted molar refractivity (Wildman–Crippen MR) is 47.5 cm³/mol. The van der Waals surface area contributed by atoms with Crippen LogP contribution in [0.25, 0.3) is 5.52 Å². The van der Waals surface area contributed by atoms with Gasteiger partial charge in [-0.15, -0.1) is 0 Å². The first-order chi connectivity index (χ1) is 5.83. The van der Waals surface area contributed by atoms with Gasteiger partial charge in [0, 0.05) is 6.20 Å². The molecule has 2 rings (SSSR count). The topological polar surface area (TPSA) is 69.3 Å². The largest absolute Gasteiger partial charge is 0.397 e. The molecule has 0 radical (unpaired) electrons. The summed E-state index contributed by atoms with van der Waals surface area (Å²) in [5.74, 6) is 0.831. The van der Waals surface area contributed by atoms with Gasteiger partial charge in [0.15, 0.2) is 0 Å². The second-order valence-corrected chi connectivity index (χ2v) is 2.60. The van der Waals surface area contributed by atoms with Crippen molar-refractivity contribution in [3.05, 3.63) is 30.4 Å². The molecule has 0 spiro atoms. The number of nitrogen functional groups attached to an aromatic ring is 1. The van der Waals surface area contributed by atoms with E-state index < -0.39 is 0 Å². The fourth-order valence-corrected chi connectivity index (χ4v) is 1.25. The molecule has 0 saturated heterocycles. The Bertz CT molecular complexity index is 404. The highest BCUT2D eigenvalue weighted by atomic mass is 15.0. The second-order valence-electron chi connectivity index (χ2n) is 2.60. The maximum atomic E-state index is 5.72. The molecule has 0 unspecified atom stereocenters. The van der Waals surface area contributed by atoms with Crippen LogP contribution in [0.5, 0.6) is 0 Å². The van der Waals surface area contributed by atoms with E-state index in [1.807, 2.05) is 22.7 Å². The van der Waals surface area contributed by atoms with Gasteiger partial charge in [0.1, 0.15) is 5.82 Å². The molecule has 0 aliphatic heterocycles. The Morgan fingerprint density at radius 3 is 3.08 bits per heavy atom. The molecule has 2 aromatic rings. The Morgan fingerprint density at radius 1 is 1.50 bits per heavy atom. The normalized spacial score (nSPS) is 10.8. The molecule has 0 aliphatic rings. The Kier molecular flexibility index (Phi) is 1.48. The summed E-state index contributed by atoms with van der Waals surface area (Å²) < 4.78 is 1.90. The van der Waals surface area contributed by atoms with Crippen LogP contribution >= 0.6 is 0 Å². The summed E-state index contributed by atoms with van der Waals surface area (Å²) in [6.45, 7) is 0.428. The van der Waals surface area contributed by atoms with Gasteiger partial charge in [-0.25, -0.2) is 4.98 Å². The zero-order valence-electron chi connectivity index (χ0n) is 6.57. The van der Waals surface area contributed by atoms with Crippen molar-refractivity contribution in [3.8, 4) is 0 Å². The Hall–Kier alpha value is -1.55. The van der Waals surface area contributed by atoms with E-state index in [2.05, 4.69) is 4.98 Å². The van der Waals surface area contributed by atoms with Crippen molar-refractivity contribution in [1.29, 1.82) is 0 Å². The highest BCUT2D eigenvalue weighted by Gasteiger charge is 2.01. The van der Waals surface area contributed by atoms with Crippen LogP contribution < -0.4 is 11.5 Å². The van der Waals surface area contributed by atoms with Gasteiger partial charge in [0.2, 0.25) is 0 Å². The minimum Gasteiger partial charge on any atom is -0.397 e. The summed E-state index contributed by atoms with van der Waals surface area (Å²) in [6, 6.07) is 3.72. The Labute approximate surface area is 69.8 Å². The van der Waals surface area contributed by atoms with E-state index in [0.29, 0.717) is 6.54 Å². The van der Waals surface area contributed by atoms with Gasteiger partial charge in [-0.2, -0.15) is 0 Å². The van der Waals surface area contributed by atoms with Gasteiger partial charge in [0.05, 0.1) is 23.9 Å². The summed E-state index contributed by atoms with van der Waals surface area (Å²) in [5.41, 5.74) is 12.9. The zero-order chi connectivity index (χ0) is 8.55. The molecule has 4 N–H and O–H groups in total. The Balaban J connectivity index is 2.80. The minimum atomic E-state index is 0.428. The molecule has 0 amide bonds. The summed E-state index contributed by atoms with van der Waals surface area (Å²) in [4.78, 5) is 4.13. The van der Waals surface area contributed by atoms with Crippen molar-refractivity contribution in [3.63, 3.8) is 0 Å². The minimum absolute atomic E-state index is 0.428. The van der Waals surface area contributed by atoms with Crippen molar-refractivity contribution in [2.45, 2.75) is 6.54 Å². The molecule has 2 heterocycles. The average Bonchev–Trinajstić information content (AvgIpc) is 2.49. The van der Waals surface area contributed by atoms with Crippen LogP contribution in [0.1, 0.15) is 5.82 Å². The maximum absolute atomic E-state index is 5.72. The van der Waals surface area contributed by atoms with E-state index in [1.54, 1.807) is 6.20 Å². The summed E-state index contributed by atoms with van der Waals surface area (Å²) in [7, 11) is 0. The van der Waals surface area contributed by atoms with Crippen LogP contribution in [0, 0.1) is 0 Å². The van der Waals surface area contributed by atoms with E-state index in [-0.39, 0.29) is 0 Å². The molecule has 4 heteroatoms. The van der Waals surface area contributed by atoms with Crippen LogP contribution in [0.3, 0.4) is 0 Å². The Morgan fingerprint density at radius 2 is 2.33 bits per heavy atom. The highest BCUT2D eigenvalue weighted by Crippen LogP contribution is 2.13. The van der Waals surface area contributed by atoms with Crippen LogP contribution in [0.2, 0.25) is 0 Å². The van der Waals surface area contributed by atoms with Crippen molar-refractivity contribution in [1.82, 2.24) is 9.38 Å². The molecule has 0 bridgehead atoms. The van der Waals surface area contributed by atoms with Crippen molar-refractivity contribution in [2.75, 3.05) is 5.73 Å². The number of imidazole rings is 1. The lowest BCUT2D eigenvalue weighted by atomic mass is 10.3. The molecule has 0 aliphatic carbocycles. The first-order valence-corrected chi connectivity index (χ1v) is 3.73. The number of fused-ring (bicyclic) bond motifs is 1. The van der Waals surface area contributed by atoms with E-state index in [9.17, 15) is 0 Å². The number of anilines is 1. The number of hydrogen-bond donors (Lipinski definition) is 2. The zero-order valence-corrected chi connectivity index (χ0v) is 6.57. The first-order valence-electron chi connectivity index (χ1n) is 3.73. The van der Waals surface area contributed by atoms with E-state index in [0.717, 1.165) is 17.0 Å². The third-order valence-electron chi connectivity index (χ3n) is 1.86. The van der Waals surface area contributed by atoms with Gasteiger partial charge in [-0.05, 0) is 12.1 Å². The number of aromatic nitrogens is 2. The molecule has 0 saturated carbocycles. The van der Waals surface area contributed by atoms with Crippen molar-refractivity contribution in [2.24, 2.45) is 5.73 Å². The lowest BCUT2D eigenvalue weighted by Crippen LogP contribution is -2.02. The first kappa shape index (κ1) is 7.12. The molecular formula is C8H10N4. The number of pyridine rings is 1. The van der Waals surface area contributed by atoms with E-state index in [4.69, 9.17) is 11.5 Å². The average molecular weight is 162 g/mol. The number of hydrogen-bond acceptors (Lipinski definition) is 3. The fraction of sp³-hybridized carbons (Fsp3) is 0.125. The summed E-state index contributed by atoms with van der Waals surface area (Å²) >= 11 is 0. The van der Waals surface area contributed by atoms with Gasteiger partial charge >= 0.3 is 0 Å². The summed E-state index contributed by atoms with van der Waals surface area (Å²) in [6.07, 6.45) is 3.64. The molecular weight excluding hydrogens is 152 g/mol. The lowest BCUT2D eigenvalue weighted by Gasteiger charge is -1.99. The third-order valence-corrected chi connectivity index (χ3v) is 1.86. The maximum Gasteiger partial charge on any atom is 0.127 e. The van der Waals surface area contributed by atoms with Crippen molar-refractivity contribution < 1.29 is 0 Å².